The van der Waals surface area contributed by atoms with Gasteiger partial charge in [-0.1, -0.05) is 5.11 Å². The third-order valence-electron chi connectivity index (χ3n) is 3.26. The van der Waals surface area contributed by atoms with Gasteiger partial charge in [0.15, 0.2) is 0 Å². The monoisotopic (exact) mass is 298 g/mol. The lowest BCUT2D eigenvalue weighted by molar-refractivity contribution is -0.143. The van der Waals surface area contributed by atoms with Crippen LogP contribution in [0.3, 0.4) is 0 Å². The number of carbonyl (C=O) groups excluding carboxylic acids is 2. The van der Waals surface area contributed by atoms with Crippen LogP contribution in [0.1, 0.15) is 33.6 Å². The maximum atomic E-state index is 11.9. The van der Waals surface area contributed by atoms with Gasteiger partial charge in [-0.3, -0.25) is 4.79 Å². The minimum atomic E-state index is -0.833. The smallest absolute Gasteiger partial charge is 0.410 e. The molecule has 8 heteroatoms. The Bertz CT molecular complexity index is 432. The van der Waals surface area contributed by atoms with E-state index in [1.807, 2.05) is 20.8 Å². The number of piperidine rings is 1. The lowest BCUT2D eigenvalue weighted by atomic mass is 9.90. The van der Waals surface area contributed by atoms with Crippen molar-refractivity contribution in [3.63, 3.8) is 0 Å². The Hall–Kier alpha value is -1.95. The molecule has 1 atom stereocenters. The molecule has 1 aliphatic rings. The molecule has 1 saturated heterocycles. The molecule has 1 unspecified atom stereocenters. The van der Waals surface area contributed by atoms with Crippen molar-refractivity contribution < 1.29 is 19.1 Å². The average Bonchev–Trinajstić information content (AvgIpc) is 2.42. The molecule has 0 N–H and O–H groups in total. The van der Waals surface area contributed by atoms with Crippen molar-refractivity contribution in [1.29, 1.82) is 0 Å². The largest absolute Gasteiger partial charge is 0.469 e. The van der Waals surface area contributed by atoms with Crippen molar-refractivity contribution >= 4 is 12.1 Å². The van der Waals surface area contributed by atoms with Crippen LogP contribution in [-0.4, -0.2) is 48.8 Å². The summed E-state index contributed by atoms with van der Waals surface area (Å²) >= 11 is 0. The van der Waals surface area contributed by atoms with E-state index in [1.54, 1.807) is 4.90 Å². The Morgan fingerprint density at radius 3 is 2.33 bits per heavy atom. The molecule has 1 rings (SSSR count). The first-order valence-corrected chi connectivity index (χ1v) is 6.88. The fourth-order valence-electron chi connectivity index (χ4n) is 2.23. The van der Waals surface area contributed by atoms with Gasteiger partial charge in [0, 0.05) is 18.0 Å². The third-order valence-corrected chi connectivity index (χ3v) is 3.26. The van der Waals surface area contributed by atoms with Gasteiger partial charge in [-0.15, -0.1) is 0 Å². The molecular weight excluding hydrogens is 276 g/mol. The molecule has 0 spiro atoms. The summed E-state index contributed by atoms with van der Waals surface area (Å²) in [5.41, 5.74) is 8.01. The molecule has 0 aromatic rings. The van der Waals surface area contributed by atoms with Gasteiger partial charge < -0.3 is 14.4 Å². The van der Waals surface area contributed by atoms with Crippen LogP contribution in [0.25, 0.3) is 10.4 Å². The standard InChI is InChI=1S/C13H22N4O4/c1-13(2,3)21-12(19)17-7-5-9(6-8-17)10(15-16-14)11(18)20-4/h9-10H,5-8H2,1-4H3. The number of nitrogens with zero attached hydrogens (tertiary/aromatic N) is 4. The number of azide groups is 1. The van der Waals surface area contributed by atoms with Crippen molar-refractivity contribution in [3.05, 3.63) is 10.4 Å². The quantitative estimate of drug-likeness (QED) is 0.345. The first-order chi connectivity index (χ1) is 9.78. The second kappa shape index (κ2) is 7.17. The van der Waals surface area contributed by atoms with E-state index in [2.05, 4.69) is 14.8 Å². The third kappa shape index (κ3) is 5.15. The normalized spacial score (nSPS) is 17.6. The Morgan fingerprint density at radius 2 is 1.90 bits per heavy atom. The highest BCUT2D eigenvalue weighted by Gasteiger charge is 2.33. The molecule has 1 fully saturated rings. The summed E-state index contributed by atoms with van der Waals surface area (Å²) < 4.78 is 9.95. The highest BCUT2D eigenvalue weighted by molar-refractivity contribution is 5.76. The van der Waals surface area contributed by atoms with Crippen molar-refractivity contribution in [3.8, 4) is 0 Å². The number of amides is 1. The predicted molar refractivity (Wildman–Crippen MR) is 75.5 cm³/mol. The van der Waals surface area contributed by atoms with Crippen LogP contribution < -0.4 is 0 Å². The zero-order chi connectivity index (χ0) is 16.0. The van der Waals surface area contributed by atoms with Crippen LogP contribution in [0.5, 0.6) is 0 Å². The van der Waals surface area contributed by atoms with Gasteiger partial charge in [0.1, 0.15) is 11.6 Å². The topological polar surface area (TPSA) is 105 Å². The van der Waals surface area contributed by atoms with Crippen LogP contribution >= 0.6 is 0 Å². The van der Waals surface area contributed by atoms with Crippen LogP contribution in [0.4, 0.5) is 4.79 Å². The maximum Gasteiger partial charge on any atom is 0.410 e. The number of carbonyl (C=O) groups is 2. The number of esters is 1. The second-order valence-electron chi connectivity index (χ2n) is 5.98. The van der Waals surface area contributed by atoms with E-state index in [0.29, 0.717) is 25.9 Å². The van der Waals surface area contributed by atoms with Crippen molar-refractivity contribution in [2.24, 2.45) is 11.0 Å². The van der Waals surface area contributed by atoms with Crippen LogP contribution in [0.15, 0.2) is 5.11 Å². The molecular formula is C13H22N4O4. The summed E-state index contributed by atoms with van der Waals surface area (Å²) in [6.07, 6.45) is 0.773. The highest BCUT2D eigenvalue weighted by Crippen LogP contribution is 2.25. The summed E-state index contributed by atoms with van der Waals surface area (Å²) in [6.45, 7) is 6.37. The number of rotatable bonds is 3. The first kappa shape index (κ1) is 17.1. The lowest BCUT2D eigenvalue weighted by Gasteiger charge is -2.34. The Morgan fingerprint density at radius 1 is 1.33 bits per heavy atom. The van der Waals surface area contributed by atoms with Gasteiger partial charge in [-0.25, -0.2) is 4.79 Å². The van der Waals surface area contributed by atoms with Gasteiger partial charge in [0.05, 0.1) is 7.11 Å². The van der Waals surface area contributed by atoms with Gasteiger partial charge in [-0.2, -0.15) is 0 Å². The van der Waals surface area contributed by atoms with E-state index >= 15 is 0 Å². The number of likely N-dealkylation sites (tertiary alicyclic amines) is 1. The molecule has 21 heavy (non-hydrogen) atoms. The van der Waals surface area contributed by atoms with E-state index in [-0.39, 0.29) is 12.0 Å². The predicted octanol–water partition coefficient (Wildman–Crippen LogP) is 2.49. The maximum absolute atomic E-state index is 11.9. The fourth-order valence-corrected chi connectivity index (χ4v) is 2.23. The van der Waals surface area contributed by atoms with Crippen LogP contribution in [0, 0.1) is 5.92 Å². The number of methoxy groups -OCH3 is 1. The molecule has 1 aliphatic heterocycles. The summed E-state index contributed by atoms with van der Waals surface area (Å²) in [4.78, 5) is 27.9. The van der Waals surface area contributed by atoms with Crippen LogP contribution in [-0.2, 0) is 14.3 Å². The van der Waals surface area contributed by atoms with E-state index in [4.69, 9.17) is 10.3 Å². The highest BCUT2D eigenvalue weighted by atomic mass is 16.6. The summed E-state index contributed by atoms with van der Waals surface area (Å²) in [6, 6.07) is -0.833. The summed E-state index contributed by atoms with van der Waals surface area (Å²) in [7, 11) is 1.26. The van der Waals surface area contributed by atoms with E-state index in [1.165, 1.54) is 7.11 Å². The minimum Gasteiger partial charge on any atom is -0.469 e. The zero-order valence-electron chi connectivity index (χ0n) is 12.9. The Balaban J connectivity index is 2.60. The summed E-state index contributed by atoms with van der Waals surface area (Å²) in [5, 5.41) is 3.52. The van der Waals surface area contributed by atoms with E-state index in [0.717, 1.165) is 0 Å². The van der Waals surface area contributed by atoms with Crippen LogP contribution in [0.2, 0.25) is 0 Å². The van der Waals surface area contributed by atoms with E-state index < -0.39 is 17.6 Å². The number of hydrogen-bond acceptors (Lipinski definition) is 5. The van der Waals surface area contributed by atoms with E-state index in [9.17, 15) is 9.59 Å². The van der Waals surface area contributed by atoms with Gasteiger partial charge >= 0.3 is 12.1 Å². The molecule has 8 nitrogen and oxygen atoms in total. The fraction of sp³-hybridized carbons (Fsp3) is 0.846. The molecule has 0 saturated carbocycles. The molecule has 118 valence electrons. The van der Waals surface area contributed by atoms with Gasteiger partial charge in [0.25, 0.3) is 0 Å². The Labute approximate surface area is 124 Å². The molecule has 1 amide bonds. The molecule has 0 aromatic carbocycles. The molecule has 0 radical (unpaired) electrons. The van der Waals surface area contributed by atoms with Gasteiger partial charge in [0.2, 0.25) is 0 Å². The van der Waals surface area contributed by atoms with Crippen molar-refractivity contribution in [2.75, 3.05) is 20.2 Å². The molecule has 0 aliphatic carbocycles. The first-order valence-electron chi connectivity index (χ1n) is 6.88. The average molecular weight is 298 g/mol. The molecule has 1 heterocycles. The number of hydrogen-bond donors (Lipinski definition) is 0. The summed E-state index contributed by atoms with van der Waals surface area (Å²) in [5.74, 6) is -0.657. The zero-order valence-corrected chi connectivity index (χ0v) is 12.9. The molecule has 0 bridgehead atoms. The molecule has 0 aromatic heterocycles. The SMILES string of the molecule is COC(=O)C(N=[N+]=[N-])C1CCN(C(=O)OC(C)(C)C)CC1. The lowest BCUT2D eigenvalue weighted by Crippen LogP contribution is -2.44. The van der Waals surface area contributed by atoms with Crippen molar-refractivity contribution in [2.45, 2.75) is 45.3 Å². The minimum absolute atomic E-state index is 0.118. The van der Waals surface area contributed by atoms with Gasteiger partial charge in [-0.05, 0) is 45.1 Å². The Kier molecular flexibility index (Phi) is 5.84. The van der Waals surface area contributed by atoms with Crippen molar-refractivity contribution in [1.82, 2.24) is 4.90 Å². The second-order valence-corrected chi connectivity index (χ2v) is 5.98. The number of ether oxygens (including phenoxy) is 2.